The van der Waals surface area contributed by atoms with Crippen LogP contribution >= 0.6 is 11.6 Å². The molecule has 1 aromatic carbocycles. The van der Waals surface area contributed by atoms with E-state index in [2.05, 4.69) is 15.3 Å². The molecule has 0 atom stereocenters. The first-order valence-corrected chi connectivity index (χ1v) is 5.90. The van der Waals surface area contributed by atoms with Crippen LogP contribution in [0.4, 0.5) is 11.6 Å². The van der Waals surface area contributed by atoms with Crippen molar-refractivity contribution in [1.29, 1.82) is 0 Å². The second-order valence-electron chi connectivity index (χ2n) is 3.92. The van der Waals surface area contributed by atoms with E-state index in [1.165, 1.54) is 24.3 Å². The number of nitrogens with one attached hydrogen (secondary N) is 1. The number of nitrogens with zero attached hydrogens (tertiary/aromatic N) is 3. The van der Waals surface area contributed by atoms with Gasteiger partial charge in [-0.3, -0.25) is 20.2 Å². The van der Waals surface area contributed by atoms with Crippen molar-refractivity contribution >= 4 is 29.1 Å². The highest BCUT2D eigenvalue weighted by Crippen LogP contribution is 2.15. The molecule has 0 bridgehead atoms. The Labute approximate surface area is 118 Å². The molecular weight excluding hydrogens is 284 g/mol. The Kier molecular flexibility index (Phi) is 3.90. The Hall–Kier alpha value is -2.54. The molecule has 0 fully saturated rings. The molecule has 2 rings (SSSR count). The fourth-order valence-corrected chi connectivity index (χ4v) is 1.76. The number of halogens is 1. The fourth-order valence-electron chi connectivity index (χ4n) is 1.52. The Morgan fingerprint density at radius 3 is 2.75 bits per heavy atom. The molecule has 0 radical (unpaired) electrons. The molecule has 1 aromatic heterocycles. The lowest BCUT2D eigenvalue weighted by Gasteiger charge is -2.04. The molecule has 1 heterocycles. The summed E-state index contributed by atoms with van der Waals surface area (Å²) >= 11 is 5.75. The van der Waals surface area contributed by atoms with Gasteiger partial charge in [-0.05, 0) is 19.1 Å². The molecule has 0 aliphatic carbocycles. The van der Waals surface area contributed by atoms with Gasteiger partial charge >= 0.3 is 0 Å². The number of nitro benzene ring substituents is 1. The van der Waals surface area contributed by atoms with Crippen molar-refractivity contribution in [2.45, 2.75) is 6.92 Å². The van der Waals surface area contributed by atoms with Crippen LogP contribution in [0.5, 0.6) is 0 Å². The first kappa shape index (κ1) is 13.9. The number of nitro groups is 1. The molecule has 1 amide bonds. The lowest BCUT2D eigenvalue weighted by atomic mass is 10.2. The SMILES string of the molecule is Cc1cc(Cl)nc(NC(=O)c2cccc([N+](=O)[O-])c2)n1. The molecule has 0 aliphatic heterocycles. The van der Waals surface area contributed by atoms with Crippen LogP contribution in [-0.2, 0) is 0 Å². The molecular formula is C12H9ClN4O3. The third kappa shape index (κ3) is 3.27. The van der Waals surface area contributed by atoms with Gasteiger partial charge in [0.1, 0.15) is 5.15 Å². The molecule has 2 aromatic rings. The van der Waals surface area contributed by atoms with Gasteiger partial charge < -0.3 is 0 Å². The lowest BCUT2D eigenvalue weighted by molar-refractivity contribution is -0.384. The van der Waals surface area contributed by atoms with Gasteiger partial charge in [-0.15, -0.1) is 0 Å². The number of carbonyl (C=O) groups is 1. The summed E-state index contributed by atoms with van der Waals surface area (Å²) in [5.74, 6) is -0.498. The van der Waals surface area contributed by atoms with Gasteiger partial charge in [-0.2, -0.15) is 0 Å². The van der Waals surface area contributed by atoms with Crippen LogP contribution in [0.3, 0.4) is 0 Å². The number of amides is 1. The number of hydrogen-bond acceptors (Lipinski definition) is 5. The van der Waals surface area contributed by atoms with Crippen LogP contribution < -0.4 is 5.32 Å². The highest BCUT2D eigenvalue weighted by Gasteiger charge is 2.13. The topological polar surface area (TPSA) is 98.0 Å². The summed E-state index contributed by atoms with van der Waals surface area (Å²) in [6, 6.07) is 6.91. The Morgan fingerprint density at radius 1 is 1.35 bits per heavy atom. The van der Waals surface area contributed by atoms with Gasteiger partial charge in [0.25, 0.3) is 11.6 Å². The summed E-state index contributed by atoms with van der Waals surface area (Å²) in [6.07, 6.45) is 0. The predicted molar refractivity (Wildman–Crippen MR) is 72.8 cm³/mol. The molecule has 0 aliphatic rings. The van der Waals surface area contributed by atoms with Crippen LogP contribution in [0.25, 0.3) is 0 Å². The average Bonchev–Trinajstić information content (AvgIpc) is 2.37. The number of aryl methyl sites for hydroxylation is 1. The summed E-state index contributed by atoms with van der Waals surface area (Å²) < 4.78 is 0. The van der Waals surface area contributed by atoms with Gasteiger partial charge in [0.05, 0.1) is 4.92 Å². The molecule has 0 spiro atoms. The van der Waals surface area contributed by atoms with Gasteiger partial charge in [0, 0.05) is 23.4 Å². The third-order valence-corrected chi connectivity index (χ3v) is 2.56. The van der Waals surface area contributed by atoms with Crippen molar-refractivity contribution in [2.75, 3.05) is 5.32 Å². The maximum atomic E-state index is 12.0. The monoisotopic (exact) mass is 292 g/mol. The van der Waals surface area contributed by atoms with Gasteiger partial charge in [0.15, 0.2) is 0 Å². The van der Waals surface area contributed by atoms with E-state index in [0.717, 1.165) is 0 Å². The van der Waals surface area contributed by atoms with E-state index in [1.54, 1.807) is 13.0 Å². The van der Waals surface area contributed by atoms with E-state index in [-0.39, 0.29) is 22.4 Å². The summed E-state index contributed by atoms with van der Waals surface area (Å²) in [4.78, 5) is 29.9. The standard InChI is InChI=1S/C12H9ClN4O3/c1-7-5-10(13)15-12(14-7)16-11(18)8-3-2-4-9(6-8)17(19)20/h2-6H,1H3,(H,14,15,16,18). The van der Waals surface area contributed by atoms with Gasteiger partial charge in [-0.25, -0.2) is 9.97 Å². The number of hydrogen-bond donors (Lipinski definition) is 1. The average molecular weight is 293 g/mol. The maximum absolute atomic E-state index is 12.0. The van der Waals surface area contributed by atoms with Crippen LogP contribution in [0.2, 0.25) is 5.15 Å². The minimum Gasteiger partial charge on any atom is -0.290 e. The van der Waals surface area contributed by atoms with E-state index in [0.29, 0.717) is 5.69 Å². The Morgan fingerprint density at radius 2 is 2.10 bits per heavy atom. The molecule has 0 unspecified atom stereocenters. The number of aromatic nitrogens is 2. The summed E-state index contributed by atoms with van der Waals surface area (Å²) in [6.45, 7) is 1.70. The number of non-ortho nitro benzene ring substituents is 1. The molecule has 1 N–H and O–H groups in total. The highest BCUT2D eigenvalue weighted by molar-refractivity contribution is 6.29. The van der Waals surface area contributed by atoms with Crippen molar-refractivity contribution < 1.29 is 9.72 Å². The summed E-state index contributed by atoms with van der Waals surface area (Å²) in [5, 5.41) is 13.3. The highest BCUT2D eigenvalue weighted by atomic mass is 35.5. The fraction of sp³-hybridized carbons (Fsp3) is 0.0833. The number of anilines is 1. The normalized spacial score (nSPS) is 10.1. The van der Waals surface area contributed by atoms with Crippen molar-refractivity contribution in [1.82, 2.24) is 9.97 Å². The number of carbonyl (C=O) groups excluding carboxylic acids is 1. The molecule has 8 heteroatoms. The molecule has 0 saturated carbocycles. The molecule has 20 heavy (non-hydrogen) atoms. The first-order chi connectivity index (χ1) is 9.45. The zero-order chi connectivity index (χ0) is 14.7. The van der Waals surface area contributed by atoms with Crippen LogP contribution in [0.1, 0.15) is 16.1 Å². The second-order valence-corrected chi connectivity index (χ2v) is 4.30. The summed E-state index contributed by atoms with van der Waals surface area (Å²) in [7, 11) is 0. The van der Waals surface area contributed by atoms with Crippen LogP contribution in [0, 0.1) is 17.0 Å². The molecule has 7 nitrogen and oxygen atoms in total. The van der Waals surface area contributed by atoms with E-state index < -0.39 is 10.8 Å². The quantitative estimate of drug-likeness (QED) is 0.532. The van der Waals surface area contributed by atoms with Crippen molar-refractivity contribution in [2.24, 2.45) is 0 Å². The molecule has 102 valence electrons. The first-order valence-electron chi connectivity index (χ1n) is 5.53. The van der Waals surface area contributed by atoms with Crippen molar-refractivity contribution in [3.8, 4) is 0 Å². The minimum atomic E-state index is -0.573. The van der Waals surface area contributed by atoms with E-state index >= 15 is 0 Å². The van der Waals surface area contributed by atoms with E-state index in [9.17, 15) is 14.9 Å². The van der Waals surface area contributed by atoms with Gasteiger partial charge in [-0.1, -0.05) is 17.7 Å². The van der Waals surface area contributed by atoms with E-state index in [4.69, 9.17) is 11.6 Å². The zero-order valence-electron chi connectivity index (χ0n) is 10.3. The largest absolute Gasteiger partial charge is 0.290 e. The smallest absolute Gasteiger partial charge is 0.270 e. The van der Waals surface area contributed by atoms with Crippen molar-refractivity contribution in [3.63, 3.8) is 0 Å². The Balaban J connectivity index is 2.23. The second kappa shape index (κ2) is 5.62. The minimum absolute atomic E-state index is 0.0477. The molecule has 0 saturated heterocycles. The number of rotatable bonds is 3. The van der Waals surface area contributed by atoms with Gasteiger partial charge in [0.2, 0.25) is 5.95 Å². The lowest BCUT2D eigenvalue weighted by Crippen LogP contribution is -2.14. The van der Waals surface area contributed by atoms with Crippen LogP contribution in [0.15, 0.2) is 30.3 Å². The zero-order valence-corrected chi connectivity index (χ0v) is 11.1. The third-order valence-electron chi connectivity index (χ3n) is 2.37. The number of benzene rings is 1. The van der Waals surface area contributed by atoms with Crippen molar-refractivity contribution in [3.05, 3.63) is 56.9 Å². The van der Waals surface area contributed by atoms with Crippen LogP contribution in [-0.4, -0.2) is 20.8 Å². The predicted octanol–water partition coefficient (Wildman–Crippen LogP) is 2.60. The summed E-state index contributed by atoms with van der Waals surface area (Å²) in [5.41, 5.74) is 0.570. The Bertz CT molecular complexity index is 670. The maximum Gasteiger partial charge on any atom is 0.270 e. The van der Waals surface area contributed by atoms with E-state index in [1.807, 2.05) is 0 Å².